The number of rotatable bonds is 7. The third-order valence-electron chi connectivity index (χ3n) is 6.50. The van der Waals surface area contributed by atoms with Crippen LogP contribution in [0, 0.1) is 6.92 Å². The first-order valence-electron chi connectivity index (χ1n) is 12.6. The first-order chi connectivity index (χ1) is 18.7. The van der Waals surface area contributed by atoms with Gasteiger partial charge in [0.15, 0.2) is 5.65 Å². The molecule has 8 nitrogen and oxygen atoms in total. The van der Waals surface area contributed by atoms with Crippen LogP contribution in [0.1, 0.15) is 30.4 Å². The summed E-state index contributed by atoms with van der Waals surface area (Å²) in [6.07, 6.45) is 6.94. The van der Waals surface area contributed by atoms with Gasteiger partial charge in [-0.05, 0) is 59.5 Å². The zero-order valence-electron chi connectivity index (χ0n) is 21.2. The van der Waals surface area contributed by atoms with Crippen LogP contribution in [-0.4, -0.2) is 40.1 Å². The van der Waals surface area contributed by atoms with Crippen molar-refractivity contribution in [3.05, 3.63) is 102 Å². The number of benzene rings is 2. The van der Waals surface area contributed by atoms with Crippen LogP contribution in [0.3, 0.4) is 0 Å². The van der Waals surface area contributed by atoms with Gasteiger partial charge in [-0.25, -0.2) is 9.97 Å². The van der Waals surface area contributed by atoms with Crippen LogP contribution in [0.4, 0.5) is 0 Å². The molecular formula is C30H26N8. The van der Waals surface area contributed by atoms with Crippen molar-refractivity contribution in [3.8, 4) is 33.8 Å². The summed E-state index contributed by atoms with van der Waals surface area (Å²) >= 11 is 0. The molecule has 0 atom stereocenters. The molecule has 2 aromatic carbocycles. The lowest BCUT2D eigenvalue weighted by molar-refractivity contribution is 0.802. The number of nitrogens with one attached hydrogen (secondary N) is 1. The molecule has 0 bridgehead atoms. The molecule has 0 amide bonds. The maximum absolute atomic E-state index is 4.99. The van der Waals surface area contributed by atoms with Gasteiger partial charge < -0.3 is 4.57 Å². The molecule has 0 saturated heterocycles. The second kappa shape index (κ2) is 10.2. The lowest BCUT2D eigenvalue weighted by Crippen LogP contribution is -2.04. The fourth-order valence-electron chi connectivity index (χ4n) is 4.62. The van der Waals surface area contributed by atoms with Crippen molar-refractivity contribution in [1.82, 2.24) is 40.1 Å². The summed E-state index contributed by atoms with van der Waals surface area (Å²) in [6, 6.07) is 24.6. The lowest BCUT2D eigenvalue weighted by Gasteiger charge is -2.11. The molecule has 0 saturated carbocycles. The van der Waals surface area contributed by atoms with Gasteiger partial charge >= 0.3 is 0 Å². The lowest BCUT2D eigenvalue weighted by atomic mass is 9.98. The first kappa shape index (κ1) is 23.4. The van der Waals surface area contributed by atoms with Crippen molar-refractivity contribution in [2.45, 2.75) is 26.8 Å². The summed E-state index contributed by atoms with van der Waals surface area (Å²) in [6.45, 7) is 4.80. The topological polar surface area (TPSA) is 98.1 Å². The highest BCUT2D eigenvalue weighted by molar-refractivity contribution is 5.82. The predicted octanol–water partition coefficient (Wildman–Crippen LogP) is 6.12. The van der Waals surface area contributed by atoms with Gasteiger partial charge in [-0.1, -0.05) is 67.6 Å². The number of aryl methyl sites for hydroxylation is 1. The van der Waals surface area contributed by atoms with Crippen LogP contribution in [0.25, 0.3) is 51.0 Å². The zero-order valence-corrected chi connectivity index (χ0v) is 21.2. The number of nitrogens with zero attached hydrogens (tertiary/aromatic N) is 7. The van der Waals surface area contributed by atoms with E-state index in [4.69, 9.17) is 9.97 Å². The van der Waals surface area contributed by atoms with Crippen molar-refractivity contribution >= 4 is 17.2 Å². The second-order valence-corrected chi connectivity index (χ2v) is 9.02. The van der Waals surface area contributed by atoms with E-state index in [2.05, 4.69) is 85.6 Å². The number of pyridine rings is 2. The molecule has 1 N–H and O–H groups in total. The van der Waals surface area contributed by atoms with Crippen LogP contribution < -0.4 is 0 Å². The molecule has 0 fully saturated rings. The summed E-state index contributed by atoms with van der Waals surface area (Å²) in [5, 5.41) is 14.6. The number of H-pyrrole nitrogens is 1. The highest BCUT2D eigenvalue weighted by atomic mass is 15.5. The Morgan fingerprint density at radius 3 is 2.45 bits per heavy atom. The average molecular weight is 499 g/mol. The van der Waals surface area contributed by atoms with Crippen LogP contribution >= 0.6 is 0 Å². The number of hydrogen-bond donors (Lipinski definition) is 1. The van der Waals surface area contributed by atoms with Gasteiger partial charge in [-0.2, -0.15) is 5.21 Å². The molecule has 6 rings (SSSR count). The Bertz CT molecular complexity index is 1720. The van der Waals surface area contributed by atoms with Crippen LogP contribution in [0.15, 0.2) is 85.1 Å². The molecule has 8 heteroatoms. The number of hydrogen-bond acceptors (Lipinski definition) is 6. The van der Waals surface area contributed by atoms with Gasteiger partial charge in [0.2, 0.25) is 5.82 Å². The predicted molar refractivity (Wildman–Crippen MR) is 149 cm³/mol. The molecule has 0 aliphatic carbocycles. The Morgan fingerprint density at radius 1 is 0.895 bits per heavy atom. The van der Waals surface area contributed by atoms with Crippen molar-refractivity contribution < 1.29 is 0 Å². The number of aromatic nitrogens is 8. The smallest absolute Gasteiger partial charge is 0.205 e. The number of aromatic amines is 1. The van der Waals surface area contributed by atoms with Gasteiger partial charge in [0.1, 0.15) is 11.3 Å². The summed E-state index contributed by atoms with van der Waals surface area (Å²) in [5.74, 6) is 1.46. The highest BCUT2D eigenvalue weighted by Crippen LogP contribution is 2.30. The zero-order chi connectivity index (χ0) is 25.9. The summed E-state index contributed by atoms with van der Waals surface area (Å²) in [5.41, 5.74) is 8.78. The van der Waals surface area contributed by atoms with Gasteiger partial charge in [0, 0.05) is 23.0 Å². The third-order valence-corrected chi connectivity index (χ3v) is 6.50. The molecule has 0 unspecified atom stereocenters. The number of allylic oxidation sites excluding steroid dienone is 1. The highest BCUT2D eigenvalue weighted by Gasteiger charge is 2.16. The molecule has 0 aliphatic rings. The molecule has 6 aromatic rings. The summed E-state index contributed by atoms with van der Waals surface area (Å²) in [7, 11) is 0. The SMILES string of the molecule is CC/C=C/c1nc2cc(-c3ccccn3)c(C)nc2n1Cc1ccc(-c2ccccc2-c2nn[nH]n2)cc1. The van der Waals surface area contributed by atoms with Crippen molar-refractivity contribution in [2.24, 2.45) is 0 Å². The van der Waals surface area contributed by atoms with E-state index in [-0.39, 0.29) is 0 Å². The van der Waals surface area contributed by atoms with Crippen LogP contribution in [0.2, 0.25) is 0 Å². The Morgan fingerprint density at radius 2 is 1.71 bits per heavy atom. The minimum absolute atomic E-state index is 0.577. The third kappa shape index (κ3) is 4.48. The van der Waals surface area contributed by atoms with Crippen LogP contribution in [0.5, 0.6) is 0 Å². The minimum Gasteiger partial charge on any atom is -0.305 e. The normalized spacial score (nSPS) is 11.5. The molecule has 0 aliphatic heterocycles. The Balaban J connectivity index is 1.37. The van der Waals surface area contributed by atoms with Gasteiger partial charge in [0.05, 0.1) is 12.2 Å². The van der Waals surface area contributed by atoms with Crippen LogP contribution in [-0.2, 0) is 6.54 Å². The van der Waals surface area contributed by atoms with E-state index in [0.29, 0.717) is 12.4 Å². The van der Waals surface area contributed by atoms with E-state index in [0.717, 1.165) is 62.6 Å². The van der Waals surface area contributed by atoms with E-state index in [1.807, 2.05) is 43.3 Å². The molecule has 0 radical (unpaired) electrons. The van der Waals surface area contributed by atoms with Crippen molar-refractivity contribution in [1.29, 1.82) is 0 Å². The van der Waals surface area contributed by atoms with Gasteiger partial charge in [-0.3, -0.25) is 4.98 Å². The summed E-state index contributed by atoms with van der Waals surface area (Å²) in [4.78, 5) is 14.4. The first-order valence-corrected chi connectivity index (χ1v) is 12.6. The van der Waals surface area contributed by atoms with E-state index < -0.39 is 0 Å². The monoisotopic (exact) mass is 498 g/mol. The van der Waals surface area contributed by atoms with E-state index in [9.17, 15) is 0 Å². The largest absolute Gasteiger partial charge is 0.305 e. The second-order valence-electron chi connectivity index (χ2n) is 9.02. The fourth-order valence-corrected chi connectivity index (χ4v) is 4.62. The molecule has 4 aromatic heterocycles. The fraction of sp³-hybridized carbons (Fsp3) is 0.133. The standard InChI is InChI=1S/C30H26N8/c1-3-4-12-28-33-27-18-25(26-11-7-8-17-31-26)20(2)32-30(27)38(28)19-21-13-15-22(16-14-21)23-9-5-6-10-24(23)29-34-36-37-35-29/h4-18H,3,19H2,1-2H3,(H,34,35,36,37)/b12-4+. The molecule has 4 heterocycles. The number of imidazole rings is 1. The van der Waals surface area contributed by atoms with Gasteiger partial charge in [-0.15, -0.1) is 10.2 Å². The maximum Gasteiger partial charge on any atom is 0.205 e. The van der Waals surface area contributed by atoms with Crippen molar-refractivity contribution in [2.75, 3.05) is 0 Å². The molecule has 38 heavy (non-hydrogen) atoms. The Kier molecular flexibility index (Phi) is 6.27. The van der Waals surface area contributed by atoms with Gasteiger partial charge in [0.25, 0.3) is 0 Å². The average Bonchev–Trinajstić information content (AvgIpc) is 3.61. The molecular weight excluding hydrogens is 472 g/mol. The van der Waals surface area contributed by atoms with E-state index in [1.165, 1.54) is 0 Å². The van der Waals surface area contributed by atoms with E-state index >= 15 is 0 Å². The maximum atomic E-state index is 4.99. The number of fused-ring (bicyclic) bond motifs is 1. The Labute approximate surface area is 220 Å². The van der Waals surface area contributed by atoms with Crippen molar-refractivity contribution in [3.63, 3.8) is 0 Å². The number of tetrazole rings is 1. The van der Waals surface area contributed by atoms with E-state index in [1.54, 1.807) is 6.20 Å². The quantitative estimate of drug-likeness (QED) is 0.285. The summed E-state index contributed by atoms with van der Waals surface area (Å²) < 4.78 is 2.18. The molecule has 0 spiro atoms. The molecule has 186 valence electrons. The minimum atomic E-state index is 0.577. The Hall–Kier alpha value is -4.98.